The molecule has 1 aromatic heterocycles. The number of hydrogen-bond acceptors (Lipinski definition) is 0. The minimum atomic E-state index is 0.696. The Labute approximate surface area is 64.7 Å². The zero-order valence-electron chi connectivity index (χ0n) is 6.17. The zero-order chi connectivity index (χ0) is 7.26. The van der Waals surface area contributed by atoms with Crippen LogP contribution < -0.4 is 10.6 Å². The molecule has 1 atom stereocenters. The molecule has 0 fully saturated rings. The first-order chi connectivity index (χ1) is 5.42. The van der Waals surface area contributed by atoms with Gasteiger partial charge in [-0.3, -0.25) is 0 Å². The lowest BCUT2D eigenvalue weighted by Crippen LogP contribution is -2.21. The van der Waals surface area contributed by atoms with E-state index in [1.165, 1.54) is 22.6 Å². The Kier molecular flexibility index (Phi) is 0.823. The molecule has 0 saturated carbocycles. The number of aromatic nitrogens is 1. The highest BCUT2D eigenvalue weighted by molar-refractivity contribution is 5.58. The van der Waals surface area contributed by atoms with Crippen molar-refractivity contribution in [2.45, 2.75) is 6.42 Å². The van der Waals surface area contributed by atoms with Crippen molar-refractivity contribution in [2.75, 3.05) is 0 Å². The minimum absolute atomic E-state index is 0.696. The van der Waals surface area contributed by atoms with Gasteiger partial charge in [-0.15, -0.1) is 0 Å². The van der Waals surface area contributed by atoms with E-state index in [0.29, 0.717) is 5.92 Å². The first kappa shape index (κ1) is 5.42. The van der Waals surface area contributed by atoms with Gasteiger partial charge >= 0.3 is 0 Å². The van der Waals surface area contributed by atoms with E-state index in [-0.39, 0.29) is 0 Å². The van der Waals surface area contributed by atoms with Gasteiger partial charge in [0.25, 0.3) is 0 Å². The van der Waals surface area contributed by atoms with Crippen LogP contribution in [0, 0.1) is 5.92 Å². The molecule has 1 N–H and O–H groups in total. The molecule has 2 bridgehead atoms. The molecule has 0 amide bonds. The van der Waals surface area contributed by atoms with Crippen molar-refractivity contribution in [2.24, 2.45) is 5.92 Å². The fourth-order valence-corrected chi connectivity index (χ4v) is 1.81. The number of allylic oxidation sites excluding steroid dienone is 2. The van der Waals surface area contributed by atoms with Crippen molar-refractivity contribution in [1.29, 1.82) is 0 Å². The normalized spacial score (nSPS) is 25.1. The molecule has 0 aromatic carbocycles. The van der Waals surface area contributed by atoms with Crippen LogP contribution in [0.25, 0.3) is 12.2 Å². The number of rotatable bonds is 0. The molecule has 54 valence electrons. The van der Waals surface area contributed by atoms with Crippen LogP contribution in [0.1, 0.15) is 6.42 Å². The molecule has 1 unspecified atom stereocenters. The molecule has 1 nitrogen and oxygen atoms in total. The van der Waals surface area contributed by atoms with Gasteiger partial charge in [0.05, 0.1) is 0 Å². The van der Waals surface area contributed by atoms with Crippen molar-refractivity contribution >= 4 is 12.2 Å². The highest BCUT2D eigenvalue weighted by Gasteiger charge is 2.16. The highest BCUT2D eigenvalue weighted by Crippen LogP contribution is 2.28. The predicted molar refractivity (Wildman–Crippen MR) is 45.2 cm³/mol. The van der Waals surface area contributed by atoms with E-state index in [4.69, 9.17) is 0 Å². The Morgan fingerprint density at radius 3 is 3.18 bits per heavy atom. The summed E-state index contributed by atoms with van der Waals surface area (Å²) in [6.07, 6.45) is 10.1. The SMILES string of the molecule is C1=C2C=c3cc[nH]c3=CC1C2. The number of hydrogen-bond donors (Lipinski definition) is 1. The highest BCUT2D eigenvalue weighted by atomic mass is 14.6. The molecule has 0 radical (unpaired) electrons. The fourth-order valence-electron chi connectivity index (χ4n) is 1.81. The van der Waals surface area contributed by atoms with Crippen molar-refractivity contribution in [3.8, 4) is 0 Å². The van der Waals surface area contributed by atoms with Gasteiger partial charge in [-0.2, -0.15) is 0 Å². The molecule has 1 heteroatoms. The van der Waals surface area contributed by atoms with Gasteiger partial charge in [0.2, 0.25) is 0 Å². The number of nitrogens with one attached hydrogen (secondary N) is 1. The lowest BCUT2D eigenvalue weighted by Gasteiger charge is -2.17. The Morgan fingerprint density at radius 2 is 2.27 bits per heavy atom. The third-order valence-corrected chi connectivity index (χ3v) is 2.43. The molecule has 1 aromatic rings. The maximum Gasteiger partial charge on any atom is 0.0419 e. The Bertz CT molecular complexity index is 434. The van der Waals surface area contributed by atoms with E-state index < -0.39 is 0 Å². The summed E-state index contributed by atoms with van der Waals surface area (Å²) in [6, 6.07) is 2.13. The Balaban J connectivity index is 2.46. The van der Waals surface area contributed by atoms with Gasteiger partial charge in [-0.1, -0.05) is 12.2 Å². The van der Waals surface area contributed by atoms with Crippen molar-refractivity contribution in [3.05, 3.63) is 34.5 Å². The Morgan fingerprint density at radius 1 is 1.36 bits per heavy atom. The van der Waals surface area contributed by atoms with Crippen molar-refractivity contribution in [1.82, 2.24) is 4.98 Å². The minimum Gasteiger partial charge on any atom is -0.361 e. The summed E-state index contributed by atoms with van der Waals surface area (Å²) in [5.74, 6) is 0.696. The summed E-state index contributed by atoms with van der Waals surface area (Å²) in [6.45, 7) is 0. The van der Waals surface area contributed by atoms with Gasteiger partial charge in [-0.25, -0.2) is 0 Å². The molecule has 3 aliphatic carbocycles. The molecule has 0 saturated heterocycles. The smallest absolute Gasteiger partial charge is 0.0419 e. The monoisotopic (exact) mass is 143 g/mol. The second kappa shape index (κ2) is 1.67. The van der Waals surface area contributed by atoms with E-state index in [9.17, 15) is 0 Å². The molecular formula is C10H9N. The van der Waals surface area contributed by atoms with Crippen LogP contribution >= 0.6 is 0 Å². The van der Waals surface area contributed by atoms with Gasteiger partial charge in [0.15, 0.2) is 0 Å². The first-order valence-corrected chi connectivity index (χ1v) is 3.99. The molecule has 3 aliphatic rings. The number of aromatic amines is 1. The zero-order valence-corrected chi connectivity index (χ0v) is 6.17. The van der Waals surface area contributed by atoms with Crippen molar-refractivity contribution in [3.63, 3.8) is 0 Å². The fraction of sp³-hybridized carbons (Fsp3) is 0.200. The standard InChI is InChI=1S/C10H9N/c1-2-11-10-6-8-3-7(4-8)5-9(1)10/h1-3,5-6,8,11H,4H2. The second-order valence-electron chi connectivity index (χ2n) is 3.27. The summed E-state index contributed by atoms with van der Waals surface area (Å²) < 4.78 is 0. The molecular weight excluding hydrogens is 134 g/mol. The van der Waals surface area contributed by atoms with Crippen LogP contribution in [0.4, 0.5) is 0 Å². The topological polar surface area (TPSA) is 15.8 Å². The maximum atomic E-state index is 3.23. The Hall–Kier alpha value is -1.24. The van der Waals surface area contributed by atoms with E-state index >= 15 is 0 Å². The molecule has 0 aliphatic heterocycles. The van der Waals surface area contributed by atoms with Crippen LogP contribution in [-0.4, -0.2) is 4.98 Å². The van der Waals surface area contributed by atoms with Gasteiger partial charge < -0.3 is 4.98 Å². The maximum absolute atomic E-state index is 3.23. The van der Waals surface area contributed by atoms with Crippen LogP contribution in [0.3, 0.4) is 0 Å². The van der Waals surface area contributed by atoms with Gasteiger partial charge in [0, 0.05) is 17.5 Å². The molecule has 0 spiro atoms. The quantitative estimate of drug-likeness (QED) is 0.545. The van der Waals surface area contributed by atoms with E-state index in [1.54, 1.807) is 0 Å². The van der Waals surface area contributed by atoms with Crippen LogP contribution in [0.2, 0.25) is 0 Å². The van der Waals surface area contributed by atoms with Gasteiger partial charge in [-0.05, 0) is 29.4 Å². The summed E-state index contributed by atoms with van der Waals surface area (Å²) in [7, 11) is 0. The third kappa shape index (κ3) is 0.653. The van der Waals surface area contributed by atoms with E-state index in [0.717, 1.165) is 0 Å². The summed E-state index contributed by atoms with van der Waals surface area (Å²) in [5, 5.41) is 2.63. The van der Waals surface area contributed by atoms with Crippen LogP contribution in [0.15, 0.2) is 23.9 Å². The van der Waals surface area contributed by atoms with Gasteiger partial charge in [0.1, 0.15) is 0 Å². The first-order valence-electron chi connectivity index (χ1n) is 3.99. The lowest BCUT2D eigenvalue weighted by atomic mass is 9.87. The third-order valence-electron chi connectivity index (χ3n) is 2.43. The van der Waals surface area contributed by atoms with E-state index in [2.05, 4.69) is 29.3 Å². The molecule has 4 rings (SSSR count). The molecule has 1 heterocycles. The molecule has 11 heavy (non-hydrogen) atoms. The number of H-pyrrole nitrogens is 1. The average Bonchev–Trinajstić information content (AvgIpc) is 2.20. The van der Waals surface area contributed by atoms with Crippen LogP contribution in [-0.2, 0) is 0 Å². The lowest BCUT2D eigenvalue weighted by molar-refractivity contribution is 0.773. The second-order valence-corrected chi connectivity index (χ2v) is 3.27. The summed E-state index contributed by atoms with van der Waals surface area (Å²) in [5.41, 5.74) is 1.49. The average molecular weight is 143 g/mol. The largest absolute Gasteiger partial charge is 0.361 e. The summed E-state index contributed by atoms with van der Waals surface area (Å²) >= 11 is 0. The van der Waals surface area contributed by atoms with Crippen molar-refractivity contribution < 1.29 is 0 Å². The van der Waals surface area contributed by atoms with E-state index in [1.807, 2.05) is 6.20 Å². The van der Waals surface area contributed by atoms with Crippen LogP contribution in [0.5, 0.6) is 0 Å². The summed E-state index contributed by atoms with van der Waals surface area (Å²) in [4.78, 5) is 3.23. The predicted octanol–water partition coefficient (Wildman–Crippen LogP) is 0.536.